The van der Waals surface area contributed by atoms with Crippen molar-refractivity contribution >= 4 is 40.8 Å². The minimum Gasteiger partial charge on any atom is -0.462 e. The number of nitro benzene ring substituents is 1. The minimum absolute atomic E-state index is 0.146. The Hall–Kier alpha value is -4.28. The zero-order chi connectivity index (χ0) is 25.8. The summed E-state index contributed by atoms with van der Waals surface area (Å²) in [6, 6.07) is 10.3. The van der Waals surface area contributed by atoms with Gasteiger partial charge in [-0.05, 0) is 43.7 Å². The van der Waals surface area contributed by atoms with E-state index in [4.69, 9.17) is 9.47 Å². The molecule has 186 valence electrons. The predicted octanol–water partition coefficient (Wildman–Crippen LogP) is 3.76. The first-order valence-electron chi connectivity index (χ1n) is 11.0. The average molecular weight is 485 g/mol. The number of aryl methyl sites for hydroxylation is 1. The number of hydrogen-bond acceptors (Lipinski definition) is 8. The largest absolute Gasteiger partial charge is 0.462 e. The van der Waals surface area contributed by atoms with Crippen molar-refractivity contribution in [3.05, 3.63) is 63.7 Å². The number of hydrogen-bond donors (Lipinski definition) is 2. The number of nitrogens with zero attached hydrogens (tertiary/aromatic N) is 1. The molecule has 0 saturated carbocycles. The van der Waals surface area contributed by atoms with Crippen LogP contribution in [0.25, 0.3) is 0 Å². The molecule has 11 nitrogen and oxygen atoms in total. The maximum Gasteiger partial charge on any atom is 0.338 e. The molecule has 35 heavy (non-hydrogen) atoms. The molecule has 0 atom stereocenters. The van der Waals surface area contributed by atoms with Gasteiger partial charge < -0.3 is 20.1 Å². The zero-order valence-electron chi connectivity index (χ0n) is 19.5. The summed E-state index contributed by atoms with van der Waals surface area (Å²) in [4.78, 5) is 58.1. The predicted molar refractivity (Wildman–Crippen MR) is 127 cm³/mol. The number of carbonyl (C=O) groups is 4. The third-order valence-electron chi connectivity index (χ3n) is 4.75. The first-order valence-corrected chi connectivity index (χ1v) is 11.0. The van der Waals surface area contributed by atoms with Crippen LogP contribution in [0.2, 0.25) is 0 Å². The van der Waals surface area contributed by atoms with E-state index < -0.39 is 35.3 Å². The van der Waals surface area contributed by atoms with Crippen LogP contribution in [0.4, 0.5) is 17.1 Å². The highest BCUT2D eigenvalue weighted by Gasteiger charge is 2.14. The molecular weight excluding hydrogens is 458 g/mol. The van der Waals surface area contributed by atoms with Gasteiger partial charge in [-0.25, -0.2) is 4.79 Å². The smallest absolute Gasteiger partial charge is 0.338 e. The molecule has 0 bridgehead atoms. The third kappa shape index (κ3) is 9.24. The van der Waals surface area contributed by atoms with E-state index in [1.165, 1.54) is 30.3 Å². The number of nitrogens with one attached hydrogen (secondary N) is 2. The second-order valence-corrected chi connectivity index (χ2v) is 7.58. The maximum absolute atomic E-state index is 12.1. The SMILES string of the molecule is CCCCOC(=O)c1ccc(NC(=O)CCC(=O)OCC(=O)Nc2ccc(C)c([N+](=O)[O-])c2)cc1. The monoisotopic (exact) mass is 485 g/mol. The first-order chi connectivity index (χ1) is 16.7. The summed E-state index contributed by atoms with van der Waals surface area (Å²) in [6.45, 7) is 3.31. The van der Waals surface area contributed by atoms with Gasteiger partial charge in [0.05, 0.1) is 23.5 Å². The standard InChI is InChI=1S/C24H27N3O8/c1-3-4-13-34-24(31)17-6-9-18(10-7-17)25-21(28)11-12-23(30)35-15-22(29)26-19-8-5-16(2)20(14-19)27(32)33/h5-10,14H,3-4,11-13,15H2,1-2H3,(H,25,28)(H,26,29). The second kappa shape index (κ2) is 13.4. The van der Waals surface area contributed by atoms with Crippen LogP contribution >= 0.6 is 0 Å². The summed E-state index contributed by atoms with van der Waals surface area (Å²) in [5, 5.41) is 16.0. The van der Waals surface area contributed by atoms with Crippen molar-refractivity contribution in [2.75, 3.05) is 23.8 Å². The molecule has 11 heteroatoms. The van der Waals surface area contributed by atoms with Crippen molar-refractivity contribution < 1.29 is 33.6 Å². The lowest BCUT2D eigenvalue weighted by Crippen LogP contribution is -2.22. The molecule has 2 rings (SSSR count). The Kier molecular flexibility index (Phi) is 10.3. The van der Waals surface area contributed by atoms with E-state index in [9.17, 15) is 29.3 Å². The molecule has 0 aliphatic heterocycles. The number of amides is 2. The van der Waals surface area contributed by atoms with Crippen LogP contribution in [0.5, 0.6) is 0 Å². The molecule has 0 spiro atoms. The number of ether oxygens (including phenoxy) is 2. The van der Waals surface area contributed by atoms with E-state index in [1.807, 2.05) is 6.92 Å². The Labute approximate surface area is 201 Å². The third-order valence-corrected chi connectivity index (χ3v) is 4.75. The molecule has 0 fully saturated rings. The number of benzene rings is 2. The van der Waals surface area contributed by atoms with Crippen LogP contribution in [0, 0.1) is 17.0 Å². The zero-order valence-corrected chi connectivity index (χ0v) is 19.5. The highest BCUT2D eigenvalue weighted by atomic mass is 16.6. The molecule has 0 saturated heterocycles. The number of rotatable bonds is 12. The van der Waals surface area contributed by atoms with Gasteiger partial charge in [-0.15, -0.1) is 0 Å². The molecule has 0 unspecified atom stereocenters. The van der Waals surface area contributed by atoms with E-state index in [2.05, 4.69) is 10.6 Å². The molecule has 2 aromatic carbocycles. The summed E-state index contributed by atoms with van der Waals surface area (Å²) >= 11 is 0. The Balaban J connectivity index is 1.72. The number of esters is 2. The quantitative estimate of drug-likeness (QED) is 0.199. The number of unbranched alkanes of at least 4 members (excludes halogenated alkanes) is 1. The summed E-state index contributed by atoms with van der Waals surface area (Å²) in [5.41, 5.74) is 1.30. The maximum atomic E-state index is 12.1. The Bertz CT molecular complexity index is 1080. The summed E-state index contributed by atoms with van der Waals surface area (Å²) in [7, 11) is 0. The van der Waals surface area contributed by atoms with Crippen molar-refractivity contribution in [1.29, 1.82) is 0 Å². The highest BCUT2D eigenvalue weighted by molar-refractivity contribution is 5.95. The topological polar surface area (TPSA) is 154 Å². The van der Waals surface area contributed by atoms with Gasteiger partial charge in [0.1, 0.15) is 0 Å². The number of anilines is 2. The second-order valence-electron chi connectivity index (χ2n) is 7.58. The fraction of sp³-hybridized carbons (Fsp3) is 0.333. The fourth-order valence-corrected chi connectivity index (χ4v) is 2.82. The lowest BCUT2D eigenvalue weighted by molar-refractivity contribution is -0.385. The van der Waals surface area contributed by atoms with Gasteiger partial charge in [0.15, 0.2) is 6.61 Å². The summed E-state index contributed by atoms with van der Waals surface area (Å²) in [5.74, 6) is -2.31. The first kappa shape index (κ1) is 27.0. The van der Waals surface area contributed by atoms with Gasteiger partial charge in [-0.3, -0.25) is 24.5 Å². The van der Waals surface area contributed by atoms with Crippen LogP contribution in [0.1, 0.15) is 48.5 Å². The van der Waals surface area contributed by atoms with Gasteiger partial charge in [0.25, 0.3) is 11.6 Å². The lowest BCUT2D eigenvalue weighted by atomic mass is 10.2. The Morgan fingerprint density at radius 3 is 2.23 bits per heavy atom. The van der Waals surface area contributed by atoms with Crippen molar-refractivity contribution in [3.63, 3.8) is 0 Å². The fourth-order valence-electron chi connectivity index (χ4n) is 2.82. The highest BCUT2D eigenvalue weighted by Crippen LogP contribution is 2.22. The molecule has 0 heterocycles. The van der Waals surface area contributed by atoms with Crippen molar-refractivity contribution in [3.8, 4) is 0 Å². The van der Waals surface area contributed by atoms with Gasteiger partial charge in [0, 0.05) is 29.4 Å². The van der Waals surface area contributed by atoms with Crippen molar-refractivity contribution in [2.45, 2.75) is 39.5 Å². The molecule has 2 amide bonds. The van der Waals surface area contributed by atoms with Gasteiger partial charge >= 0.3 is 11.9 Å². The van der Waals surface area contributed by atoms with Gasteiger partial charge in [-0.1, -0.05) is 19.4 Å². The van der Waals surface area contributed by atoms with Crippen LogP contribution in [0.15, 0.2) is 42.5 Å². The number of carbonyl (C=O) groups excluding carboxylic acids is 4. The van der Waals surface area contributed by atoms with E-state index in [0.29, 0.717) is 23.4 Å². The molecular formula is C24H27N3O8. The Morgan fingerprint density at radius 2 is 1.57 bits per heavy atom. The minimum atomic E-state index is -0.754. The molecule has 0 radical (unpaired) electrons. The summed E-state index contributed by atoms with van der Waals surface area (Å²) in [6.07, 6.45) is 1.27. The average Bonchev–Trinajstić information content (AvgIpc) is 2.83. The molecule has 0 aliphatic carbocycles. The van der Waals surface area contributed by atoms with E-state index in [-0.39, 0.29) is 24.2 Å². The number of nitro groups is 1. The molecule has 2 aromatic rings. The van der Waals surface area contributed by atoms with E-state index in [1.54, 1.807) is 19.1 Å². The van der Waals surface area contributed by atoms with Gasteiger partial charge in [-0.2, -0.15) is 0 Å². The van der Waals surface area contributed by atoms with E-state index in [0.717, 1.165) is 12.8 Å². The molecule has 0 aromatic heterocycles. The van der Waals surface area contributed by atoms with Crippen molar-refractivity contribution in [1.82, 2.24) is 0 Å². The van der Waals surface area contributed by atoms with Crippen LogP contribution in [0.3, 0.4) is 0 Å². The van der Waals surface area contributed by atoms with Gasteiger partial charge in [0.2, 0.25) is 5.91 Å². The van der Waals surface area contributed by atoms with Crippen LogP contribution < -0.4 is 10.6 Å². The Morgan fingerprint density at radius 1 is 0.914 bits per heavy atom. The van der Waals surface area contributed by atoms with Crippen molar-refractivity contribution in [2.24, 2.45) is 0 Å². The molecule has 0 aliphatic rings. The van der Waals surface area contributed by atoms with Crippen LogP contribution in [-0.2, 0) is 23.9 Å². The normalized spacial score (nSPS) is 10.2. The van der Waals surface area contributed by atoms with E-state index >= 15 is 0 Å². The lowest BCUT2D eigenvalue weighted by Gasteiger charge is -2.08. The summed E-state index contributed by atoms with van der Waals surface area (Å²) < 4.78 is 9.96. The van der Waals surface area contributed by atoms with Crippen LogP contribution in [-0.4, -0.2) is 41.9 Å². The molecule has 2 N–H and O–H groups in total.